The summed E-state index contributed by atoms with van der Waals surface area (Å²) in [4.78, 5) is 46.4. The minimum Gasteiger partial charge on any atom is -0.483 e. The number of aryl methyl sites for hydroxylation is 3. The number of aliphatic hydroxyl groups excluding tert-OH is 3. The van der Waals surface area contributed by atoms with Crippen LogP contribution in [0.25, 0.3) is 17.0 Å². The lowest BCUT2D eigenvalue weighted by Gasteiger charge is -2.57. The number of fused-ring (bicyclic) bond motifs is 13. The molecule has 3 N–H and O–H groups in total. The summed E-state index contributed by atoms with van der Waals surface area (Å²) in [6, 6.07) is 35.5. The summed E-state index contributed by atoms with van der Waals surface area (Å²) in [5, 5.41) is 32.8. The van der Waals surface area contributed by atoms with E-state index in [9.17, 15) is 20.1 Å². The fourth-order valence-electron chi connectivity index (χ4n) is 19.8. The van der Waals surface area contributed by atoms with Crippen molar-refractivity contribution in [3.63, 3.8) is 0 Å². The normalized spacial score (nSPS) is 31.7. The fraction of sp³-hybridized carbons (Fsp3) is 0.468. The molecule has 0 saturated heterocycles. The number of ether oxygens (including phenoxy) is 4. The summed E-state index contributed by atoms with van der Waals surface area (Å²) >= 11 is 0. The van der Waals surface area contributed by atoms with Crippen LogP contribution < -0.4 is 10.4 Å². The summed E-state index contributed by atoms with van der Waals surface area (Å²) in [5.74, 6) is -0.584. The molecule has 88 heavy (non-hydrogen) atoms. The van der Waals surface area contributed by atoms with Crippen molar-refractivity contribution in [2.24, 2.45) is 35.5 Å². The number of hydrogen-bond donors (Lipinski definition) is 3. The number of methoxy groups -OCH3 is 1. The molecular weight excluding hydrogens is 1100 g/mol. The third kappa shape index (κ3) is 9.12. The minimum atomic E-state index is -1.37. The zero-order chi connectivity index (χ0) is 60.2. The average Bonchev–Trinajstić information content (AvgIpc) is 0.861. The van der Waals surface area contributed by atoms with Gasteiger partial charge in [0, 0.05) is 65.7 Å². The zero-order valence-corrected chi connectivity index (χ0v) is 51.0. The van der Waals surface area contributed by atoms with E-state index in [1.807, 2.05) is 13.0 Å². The third-order valence-electron chi connectivity index (χ3n) is 23.7. The van der Waals surface area contributed by atoms with Crippen LogP contribution in [0.3, 0.4) is 0 Å². The summed E-state index contributed by atoms with van der Waals surface area (Å²) in [6.45, 7) is 2.74. The van der Waals surface area contributed by atoms with Crippen molar-refractivity contribution in [2.75, 3.05) is 26.9 Å². The molecule has 14 atom stereocenters. The maximum atomic E-state index is 16.0. The van der Waals surface area contributed by atoms with Crippen LogP contribution in [0.1, 0.15) is 187 Å². The molecule has 11 nitrogen and oxygen atoms in total. The van der Waals surface area contributed by atoms with Crippen LogP contribution in [0, 0.1) is 35.5 Å². The fourth-order valence-corrected chi connectivity index (χ4v) is 19.8. The Labute approximate surface area is 515 Å². The van der Waals surface area contributed by atoms with E-state index in [2.05, 4.69) is 109 Å². The van der Waals surface area contributed by atoms with Crippen molar-refractivity contribution >= 4 is 29.0 Å². The van der Waals surface area contributed by atoms with Gasteiger partial charge in [0.25, 0.3) is 0 Å². The molecule has 3 aliphatic heterocycles. The lowest BCUT2D eigenvalue weighted by Crippen LogP contribution is -2.59. The van der Waals surface area contributed by atoms with Crippen molar-refractivity contribution in [1.29, 1.82) is 0 Å². The van der Waals surface area contributed by atoms with Gasteiger partial charge < -0.3 is 38.7 Å². The van der Waals surface area contributed by atoms with Gasteiger partial charge >= 0.3 is 17.6 Å². The first-order valence-electron chi connectivity index (χ1n) is 32.9. The highest BCUT2D eigenvalue weighted by Crippen LogP contribution is 2.63. The van der Waals surface area contributed by atoms with E-state index in [1.165, 1.54) is 71.7 Å². The molecule has 1 spiro atoms. The molecule has 15 rings (SSSR count). The highest BCUT2D eigenvalue weighted by Gasteiger charge is 2.62. The smallest absolute Gasteiger partial charge is 0.340 e. The van der Waals surface area contributed by atoms with E-state index in [1.54, 1.807) is 18.6 Å². The van der Waals surface area contributed by atoms with Gasteiger partial charge in [0.2, 0.25) is 0 Å². The first-order valence-corrected chi connectivity index (χ1v) is 32.9. The van der Waals surface area contributed by atoms with E-state index in [0.717, 1.165) is 43.2 Å². The predicted molar refractivity (Wildman–Crippen MR) is 337 cm³/mol. The topological polar surface area (TPSA) is 162 Å². The van der Waals surface area contributed by atoms with Crippen molar-refractivity contribution in [1.82, 2.24) is 0 Å². The third-order valence-corrected chi connectivity index (χ3v) is 23.7. The van der Waals surface area contributed by atoms with Gasteiger partial charge in [0.15, 0.2) is 17.8 Å². The number of benzene rings is 5. The molecule has 5 aromatic carbocycles. The number of rotatable bonds is 8. The van der Waals surface area contributed by atoms with Gasteiger partial charge in [-0.1, -0.05) is 116 Å². The number of hydrogen-bond acceptors (Lipinski definition) is 11. The Balaban J connectivity index is 0.922. The van der Waals surface area contributed by atoms with Gasteiger partial charge in [-0.2, -0.15) is 0 Å². The van der Waals surface area contributed by atoms with Gasteiger partial charge in [-0.15, -0.1) is 0 Å². The van der Waals surface area contributed by atoms with Crippen LogP contribution in [0.15, 0.2) is 136 Å². The molecule has 14 unspecified atom stereocenters. The highest BCUT2D eigenvalue weighted by atomic mass is 16.6. The van der Waals surface area contributed by atoms with Crippen LogP contribution in [-0.4, -0.2) is 65.9 Å². The summed E-state index contributed by atoms with van der Waals surface area (Å²) < 4.78 is 34.0. The Kier molecular flexibility index (Phi) is 14.9. The summed E-state index contributed by atoms with van der Waals surface area (Å²) in [6.07, 6.45) is 19.1. The molecule has 6 aromatic rings. The Hall–Kier alpha value is -6.89. The number of esters is 2. The second kappa shape index (κ2) is 22.9. The number of allylic oxidation sites excluding steroid dienone is 3. The van der Waals surface area contributed by atoms with Crippen LogP contribution in [0.5, 0.6) is 5.75 Å². The first kappa shape index (κ1) is 57.5. The summed E-state index contributed by atoms with van der Waals surface area (Å²) in [5.41, 5.74) is 12.9. The molecule has 0 amide bonds. The molecule has 5 bridgehead atoms. The second-order valence-electron chi connectivity index (χ2n) is 27.7. The molecular formula is C77H82O11. The average molecular weight is 1180 g/mol. The van der Waals surface area contributed by atoms with Crippen LogP contribution in [-0.2, 0) is 61.5 Å². The molecule has 2 saturated carbocycles. The maximum absolute atomic E-state index is 16.0. The first-order chi connectivity index (χ1) is 42.9. The van der Waals surface area contributed by atoms with Gasteiger partial charge in [-0.3, -0.25) is 4.79 Å². The largest absolute Gasteiger partial charge is 0.483 e. The molecule has 0 radical (unpaired) electrons. The monoisotopic (exact) mass is 1180 g/mol. The lowest BCUT2D eigenvalue weighted by molar-refractivity contribution is -0.202. The lowest BCUT2D eigenvalue weighted by atomic mass is 9.46. The molecule has 9 aliphatic rings. The van der Waals surface area contributed by atoms with Gasteiger partial charge in [-0.25, -0.2) is 9.59 Å². The van der Waals surface area contributed by atoms with E-state index in [4.69, 9.17) is 23.4 Å². The number of aliphatic hydroxyl groups is 3. The SMILES string of the molecule is COCC(CCO)c1c(CO)c2ccc3c(c2oc1=O)C1OC(=O)CC2CC(c4cccc5c4CCC4CCCC6CCc7ccccc7C564)C=CC2c2ccc4c(c2)CCC2C5C=Cc6ccccc6C5CC2C(C)(O3)C1OC(=O)C(=C(C)CO)CC4. The van der Waals surface area contributed by atoms with Crippen LogP contribution in [0.4, 0.5) is 0 Å². The predicted octanol–water partition coefficient (Wildman–Crippen LogP) is 13.4. The van der Waals surface area contributed by atoms with Crippen molar-refractivity contribution in [2.45, 2.75) is 164 Å². The van der Waals surface area contributed by atoms with E-state index in [-0.39, 0.29) is 96.2 Å². The van der Waals surface area contributed by atoms with Gasteiger partial charge in [0.05, 0.1) is 25.4 Å². The second-order valence-corrected chi connectivity index (χ2v) is 27.7. The van der Waals surface area contributed by atoms with E-state index in [0.29, 0.717) is 65.4 Å². The number of carbonyl (C=O) groups excluding carboxylic acids is 2. The molecule has 11 heteroatoms. The van der Waals surface area contributed by atoms with Crippen molar-refractivity contribution in [3.05, 3.63) is 209 Å². The van der Waals surface area contributed by atoms with E-state index >= 15 is 9.59 Å². The molecule has 1 aromatic heterocycles. The van der Waals surface area contributed by atoms with Gasteiger partial charge in [-0.05, 0) is 212 Å². The maximum Gasteiger partial charge on any atom is 0.340 e. The van der Waals surface area contributed by atoms with Crippen LogP contribution >= 0.6 is 0 Å². The minimum absolute atomic E-state index is 0.00199. The Morgan fingerprint density at radius 1 is 0.761 bits per heavy atom. The molecule has 4 heterocycles. The Morgan fingerprint density at radius 3 is 2.39 bits per heavy atom. The van der Waals surface area contributed by atoms with Gasteiger partial charge in [0.1, 0.15) is 11.3 Å². The highest BCUT2D eigenvalue weighted by molar-refractivity contribution is 5.90. The molecule has 2 fully saturated rings. The van der Waals surface area contributed by atoms with Crippen molar-refractivity contribution in [3.8, 4) is 5.75 Å². The quantitative estimate of drug-likeness (QED) is 0.0576. The van der Waals surface area contributed by atoms with Crippen LogP contribution in [0.2, 0.25) is 0 Å². The molecule has 456 valence electrons. The molecule has 6 aliphatic carbocycles. The van der Waals surface area contributed by atoms with Crippen molar-refractivity contribution < 1.29 is 48.3 Å². The Bertz CT molecular complexity index is 3910. The number of carbonyl (C=O) groups is 2. The van der Waals surface area contributed by atoms with E-state index < -0.39 is 47.9 Å². The summed E-state index contributed by atoms with van der Waals surface area (Å²) in [7, 11) is 1.52. The standard InChI is InChI=1S/C77H82O11/c1-43(40-79)54-27-21-44-18-19-48-36-47(44)23-30-60-58-29-22-45-10-4-6-14-56(45)62(58)39-66(60)76(2)73(87-74(54)82)72(70-67(88-76)33-32-61-63(41-80)69(75(83)86-71(61)70)50(34-35-78)42-84-3)85-68(81)38-51-37-49(24-28-55(48)51)57-15-9-17-65-59(57)31-26-53-13-8-12-52-25-20-46-11-5-7-16-64(46)77(52,53)65/h4-7,9-11,14-19,22,24,28-29,32-33,36,49-53,55,58,60,62,66,72-73,78-80H,8,12-13,20-21,23,25-27,30-31,34-35,37-42H2,1-3H3. The Morgan fingerprint density at radius 2 is 1.56 bits per heavy atom. The zero-order valence-electron chi connectivity index (χ0n) is 51.0.